The Labute approximate surface area is 157 Å². The predicted molar refractivity (Wildman–Crippen MR) is 104 cm³/mol. The van der Waals surface area contributed by atoms with Crippen LogP contribution in [0.15, 0.2) is 6.07 Å². The first-order chi connectivity index (χ1) is 12.8. The molecule has 0 N–H and O–H groups in total. The van der Waals surface area contributed by atoms with Crippen molar-refractivity contribution in [3.63, 3.8) is 0 Å². The Morgan fingerprint density at radius 3 is 2.54 bits per heavy atom. The number of nitrogens with zero attached hydrogens (tertiary/aromatic N) is 5. The number of aryl methyl sites for hydroxylation is 1. The molecule has 3 saturated heterocycles. The van der Waals surface area contributed by atoms with E-state index in [9.17, 15) is 0 Å². The second-order valence-electron chi connectivity index (χ2n) is 7.99. The zero-order chi connectivity index (χ0) is 17.8. The molecule has 1 aromatic heterocycles. The molecule has 0 radical (unpaired) electrons. The van der Waals surface area contributed by atoms with E-state index < -0.39 is 0 Å². The summed E-state index contributed by atoms with van der Waals surface area (Å²) in [5.74, 6) is 2.63. The van der Waals surface area contributed by atoms with E-state index in [1.165, 1.54) is 44.5 Å². The topological polar surface area (TPSA) is 44.7 Å². The van der Waals surface area contributed by atoms with Crippen LogP contribution in [-0.2, 0) is 4.74 Å². The molecule has 0 aromatic carbocycles. The molecule has 6 nitrogen and oxygen atoms in total. The van der Waals surface area contributed by atoms with Crippen LogP contribution in [0, 0.1) is 6.92 Å². The lowest BCUT2D eigenvalue weighted by atomic mass is 9.94. The van der Waals surface area contributed by atoms with Gasteiger partial charge in [0.25, 0.3) is 0 Å². The van der Waals surface area contributed by atoms with Gasteiger partial charge < -0.3 is 14.5 Å². The zero-order valence-electron chi connectivity index (χ0n) is 16.2. The van der Waals surface area contributed by atoms with Crippen LogP contribution < -0.4 is 4.90 Å². The van der Waals surface area contributed by atoms with Crippen molar-refractivity contribution in [1.82, 2.24) is 19.8 Å². The highest BCUT2D eigenvalue weighted by molar-refractivity contribution is 5.41. The maximum absolute atomic E-state index is 5.46. The number of hydrogen-bond acceptors (Lipinski definition) is 6. The Bertz CT molecular complexity index is 584. The van der Waals surface area contributed by atoms with E-state index in [0.717, 1.165) is 64.1 Å². The van der Waals surface area contributed by atoms with Crippen LogP contribution in [0.4, 0.5) is 5.82 Å². The summed E-state index contributed by atoms with van der Waals surface area (Å²) in [6.45, 7) is 13.0. The average molecular weight is 360 g/mol. The summed E-state index contributed by atoms with van der Waals surface area (Å²) in [4.78, 5) is 17.1. The number of rotatable bonds is 5. The summed E-state index contributed by atoms with van der Waals surface area (Å²) in [6, 6.07) is 2.27. The Balaban J connectivity index is 1.37. The number of likely N-dealkylation sites (tertiary alicyclic amines) is 1. The molecular formula is C20H33N5O. The molecule has 6 heteroatoms. The standard InChI is InChI=1S/C20H33N5O/c1-17-21-19(15-20(22-17)25-7-2-3-8-25)18-5-4-6-24(16-18)10-9-23-11-13-26-14-12-23/h15,18H,2-14,16H2,1H3/t18-/m0/s1. The first-order valence-electron chi connectivity index (χ1n) is 10.4. The second kappa shape index (κ2) is 8.63. The normalized spacial score (nSPS) is 25.7. The van der Waals surface area contributed by atoms with Crippen LogP contribution in [0.2, 0.25) is 0 Å². The van der Waals surface area contributed by atoms with Gasteiger partial charge in [0.2, 0.25) is 0 Å². The van der Waals surface area contributed by atoms with Crippen LogP contribution in [0.3, 0.4) is 0 Å². The molecule has 0 aliphatic carbocycles. The van der Waals surface area contributed by atoms with E-state index in [1.807, 2.05) is 6.92 Å². The van der Waals surface area contributed by atoms with Gasteiger partial charge in [0, 0.05) is 57.8 Å². The van der Waals surface area contributed by atoms with Gasteiger partial charge in [-0.1, -0.05) is 0 Å². The molecule has 4 heterocycles. The lowest BCUT2D eigenvalue weighted by molar-refractivity contribution is 0.0318. The fourth-order valence-corrected chi connectivity index (χ4v) is 4.50. The van der Waals surface area contributed by atoms with Crippen molar-refractivity contribution < 1.29 is 4.74 Å². The number of piperidine rings is 1. The predicted octanol–water partition coefficient (Wildman–Crippen LogP) is 1.90. The van der Waals surface area contributed by atoms with Crippen molar-refractivity contribution in [1.29, 1.82) is 0 Å². The number of anilines is 1. The van der Waals surface area contributed by atoms with Gasteiger partial charge >= 0.3 is 0 Å². The van der Waals surface area contributed by atoms with E-state index >= 15 is 0 Å². The van der Waals surface area contributed by atoms with Crippen molar-refractivity contribution in [3.05, 3.63) is 17.6 Å². The first kappa shape index (κ1) is 18.1. The van der Waals surface area contributed by atoms with Gasteiger partial charge in [-0.15, -0.1) is 0 Å². The van der Waals surface area contributed by atoms with Gasteiger partial charge in [-0.25, -0.2) is 9.97 Å². The zero-order valence-corrected chi connectivity index (χ0v) is 16.2. The van der Waals surface area contributed by atoms with E-state index in [0.29, 0.717) is 5.92 Å². The fourth-order valence-electron chi connectivity index (χ4n) is 4.50. The SMILES string of the molecule is Cc1nc([C@H]2CCCN(CCN3CCOCC3)C2)cc(N2CCCC2)n1. The highest BCUT2D eigenvalue weighted by Crippen LogP contribution is 2.28. The minimum absolute atomic E-state index is 0.552. The Hall–Kier alpha value is -1.24. The van der Waals surface area contributed by atoms with Crippen LogP contribution in [0.5, 0.6) is 0 Å². The smallest absolute Gasteiger partial charge is 0.132 e. The lowest BCUT2D eigenvalue weighted by Crippen LogP contribution is -2.43. The minimum Gasteiger partial charge on any atom is -0.379 e. The molecule has 0 unspecified atom stereocenters. The van der Waals surface area contributed by atoms with E-state index in [1.54, 1.807) is 0 Å². The summed E-state index contributed by atoms with van der Waals surface area (Å²) in [6.07, 6.45) is 5.11. The largest absolute Gasteiger partial charge is 0.379 e. The number of ether oxygens (including phenoxy) is 1. The number of aromatic nitrogens is 2. The molecule has 0 spiro atoms. The average Bonchev–Trinajstić information content (AvgIpc) is 3.22. The molecular weight excluding hydrogens is 326 g/mol. The highest BCUT2D eigenvalue weighted by Gasteiger charge is 2.25. The third-order valence-corrected chi connectivity index (χ3v) is 6.03. The molecule has 0 bridgehead atoms. The molecule has 0 saturated carbocycles. The van der Waals surface area contributed by atoms with Gasteiger partial charge in [0.15, 0.2) is 0 Å². The van der Waals surface area contributed by atoms with Crippen molar-refractivity contribution in [2.45, 2.75) is 38.5 Å². The third kappa shape index (κ3) is 4.53. The molecule has 3 aliphatic rings. The number of hydrogen-bond donors (Lipinski definition) is 0. The van der Waals surface area contributed by atoms with Crippen molar-refractivity contribution in [3.8, 4) is 0 Å². The maximum Gasteiger partial charge on any atom is 0.132 e. The molecule has 26 heavy (non-hydrogen) atoms. The Morgan fingerprint density at radius 2 is 1.73 bits per heavy atom. The van der Waals surface area contributed by atoms with Crippen molar-refractivity contribution >= 4 is 5.82 Å². The van der Waals surface area contributed by atoms with Gasteiger partial charge in [0.1, 0.15) is 11.6 Å². The molecule has 1 atom stereocenters. The van der Waals surface area contributed by atoms with Crippen LogP contribution in [0.25, 0.3) is 0 Å². The lowest BCUT2D eigenvalue weighted by Gasteiger charge is -2.35. The van der Waals surface area contributed by atoms with Crippen LogP contribution in [-0.4, -0.2) is 85.3 Å². The highest BCUT2D eigenvalue weighted by atomic mass is 16.5. The molecule has 1 aromatic rings. The number of morpholine rings is 1. The van der Waals surface area contributed by atoms with Gasteiger partial charge in [0.05, 0.1) is 18.9 Å². The van der Waals surface area contributed by atoms with Gasteiger partial charge in [-0.2, -0.15) is 0 Å². The van der Waals surface area contributed by atoms with Crippen molar-refractivity contribution in [2.75, 3.05) is 70.5 Å². The molecule has 3 fully saturated rings. The van der Waals surface area contributed by atoms with Crippen molar-refractivity contribution in [2.24, 2.45) is 0 Å². The Morgan fingerprint density at radius 1 is 0.962 bits per heavy atom. The van der Waals surface area contributed by atoms with Crippen LogP contribution >= 0.6 is 0 Å². The maximum atomic E-state index is 5.46. The summed E-state index contributed by atoms with van der Waals surface area (Å²) < 4.78 is 5.46. The van der Waals surface area contributed by atoms with Gasteiger partial charge in [-0.3, -0.25) is 4.90 Å². The summed E-state index contributed by atoms with van der Waals surface area (Å²) in [5.41, 5.74) is 1.26. The van der Waals surface area contributed by atoms with Crippen LogP contribution in [0.1, 0.15) is 43.1 Å². The second-order valence-corrected chi connectivity index (χ2v) is 7.99. The summed E-state index contributed by atoms with van der Waals surface area (Å²) in [5, 5.41) is 0. The van der Waals surface area contributed by atoms with E-state index in [4.69, 9.17) is 14.7 Å². The molecule has 4 rings (SSSR count). The monoisotopic (exact) mass is 359 g/mol. The molecule has 3 aliphatic heterocycles. The Kier molecular flexibility index (Phi) is 6.02. The minimum atomic E-state index is 0.552. The first-order valence-corrected chi connectivity index (χ1v) is 10.4. The summed E-state index contributed by atoms with van der Waals surface area (Å²) in [7, 11) is 0. The fraction of sp³-hybridized carbons (Fsp3) is 0.800. The molecule has 0 amide bonds. The quantitative estimate of drug-likeness (QED) is 0.800. The molecule has 144 valence electrons. The van der Waals surface area contributed by atoms with E-state index in [-0.39, 0.29) is 0 Å². The third-order valence-electron chi connectivity index (χ3n) is 6.03. The van der Waals surface area contributed by atoms with Gasteiger partial charge in [-0.05, 0) is 39.2 Å². The van der Waals surface area contributed by atoms with E-state index in [2.05, 4.69) is 20.8 Å². The summed E-state index contributed by atoms with van der Waals surface area (Å²) >= 11 is 0.